The van der Waals surface area contributed by atoms with Crippen LogP contribution in [-0.4, -0.2) is 9.67 Å². The Morgan fingerprint density at radius 1 is 1.22 bits per heavy atom. The Morgan fingerprint density at radius 3 is 2.39 bits per heavy atom. The molecule has 4 nitrogen and oxygen atoms in total. The molecule has 4 heteroatoms. The predicted molar refractivity (Wildman–Crippen MR) is 71.0 cm³/mol. The minimum absolute atomic E-state index is 0.0205. The van der Waals surface area contributed by atoms with E-state index in [0.29, 0.717) is 0 Å². The summed E-state index contributed by atoms with van der Waals surface area (Å²) < 4.78 is 1.34. The van der Waals surface area contributed by atoms with Crippen molar-refractivity contribution in [3.63, 3.8) is 0 Å². The first kappa shape index (κ1) is 12.4. The predicted octanol–water partition coefficient (Wildman–Crippen LogP) is 1.43. The molecule has 1 aliphatic rings. The van der Waals surface area contributed by atoms with Crippen molar-refractivity contribution in [1.29, 1.82) is 0 Å². The summed E-state index contributed by atoms with van der Waals surface area (Å²) in [5, 5.41) is 10.6. The number of nitrogens with zero attached hydrogens (tertiary/aromatic N) is 2. The molecule has 0 bridgehead atoms. The number of pyridine rings is 1. The van der Waals surface area contributed by atoms with Crippen LogP contribution in [0.15, 0.2) is 4.79 Å². The van der Waals surface area contributed by atoms with Gasteiger partial charge >= 0.3 is 0 Å². The quantitative estimate of drug-likeness (QED) is 0.760. The van der Waals surface area contributed by atoms with Crippen LogP contribution in [0.2, 0.25) is 0 Å². The lowest BCUT2D eigenvalue weighted by Crippen LogP contribution is -2.44. The molecule has 18 heavy (non-hydrogen) atoms. The van der Waals surface area contributed by atoms with Gasteiger partial charge in [-0.25, -0.2) is 4.85 Å². The first-order chi connectivity index (χ1) is 8.57. The maximum Gasteiger partial charge on any atom is 0.258 e. The summed E-state index contributed by atoms with van der Waals surface area (Å²) in [5.41, 5.74) is -0.276. The minimum Gasteiger partial charge on any atom is -0.503 e. The monoisotopic (exact) mass is 244 g/mol. The molecule has 0 aliphatic heterocycles. The van der Waals surface area contributed by atoms with E-state index in [-0.39, 0.29) is 33.6 Å². The maximum atomic E-state index is 12.2. The number of hydrogen-bond acceptors (Lipinski definition) is 2. The lowest BCUT2D eigenvalue weighted by molar-refractivity contribution is 0.304. The molecule has 1 fully saturated rings. The molecule has 0 saturated heterocycles. The van der Waals surface area contributed by atoms with E-state index >= 15 is 0 Å². The molecule has 2 rings (SSSR count). The van der Waals surface area contributed by atoms with Crippen molar-refractivity contribution < 1.29 is 5.11 Å². The number of aromatic nitrogens is 1. The number of aromatic hydroxyl groups is 1. The van der Waals surface area contributed by atoms with Crippen molar-refractivity contribution in [3.8, 4) is 5.88 Å². The molecule has 1 heterocycles. The number of hydrogen-bond donors (Lipinski definition) is 1. The van der Waals surface area contributed by atoms with Crippen LogP contribution in [-0.2, 0) is 0 Å². The van der Waals surface area contributed by atoms with E-state index in [1.165, 1.54) is 4.57 Å². The average molecular weight is 244 g/mol. The van der Waals surface area contributed by atoms with Crippen LogP contribution in [0.25, 0.3) is 18.0 Å². The molecule has 1 aliphatic carbocycles. The van der Waals surface area contributed by atoms with Gasteiger partial charge in [0.15, 0.2) is 5.88 Å². The fourth-order valence-electron chi connectivity index (χ4n) is 2.56. The van der Waals surface area contributed by atoms with E-state index in [9.17, 15) is 9.90 Å². The summed E-state index contributed by atoms with van der Waals surface area (Å²) in [5.74, 6) is -0.251. The van der Waals surface area contributed by atoms with Gasteiger partial charge in [0.25, 0.3) is 11.2 Å². The maximum absolute atomic E-state index is 12.2. The molecule has 94 valence electrons. The summed E-state index contributed by atoms with van der Waals surface area (Å²) in [6, 6.07) is -0.0205. The fourth-order valence-corrected chi connectivity index (χ4v) is 2.56. The molecule has 0 atom stereocenters. The molecule has 0 spiro atoms. The van der Waals surface area contributed by atoms with E-state index < -0.39 is 0 Å². The third kappa shape index (κ3) is 1.82. The van der Waals surface area contributed by atoms with Crippen molar-refractivity contribution in [1.82, 2.24) is 4.57 Å². The zero-order valence-electron chi connectivity index (χ0n) is 10.3. The Hall–Kier alpha value is -2.02. The molecule has 0 radical (unpaired) electrons. The third-order valence-electron chi connectivity index (χ3n) is 3.62. The fraction of sp³-hybridized carbons (Fsp3) is 0.429. The smallest absolute Gasteiger partial charge is 0.258 e. The molecule has 0 amide bonds. The van der Waals surface area contributed by atoms with Gasteiger partial charge < -0.3 is 5.11 Å². The second-order valence-corrected chi connectivity index (χ2v) is 4.71. The van der Waals surface area contributed by atoms with Gasteiger partial charge in [0.2, 0.25) is 0 Å². The van der Waals surface area contributed by atoms with Crippen LogP contribution >= 0.6 is 0 Å². The van der Waals surface area contributed by atoms with Gasteiger partial charge in [0.05, 0.1) is 6.57 Å². The van der Waals surface area contributed by atoms with Crippen LogP contribution in [0.4, 0.5) is 5.69 Å². The highest BCUT2D eigenvalue weighted by atomic mass is 16.3. The molecule has 0 unspecified atom stereocenters. The first-order valence-electron chi connectivity index (χ1n) is 6.10. The van der Waals surface area contributed by atoms with E-state index in [2.05, 4.69) is 18.0 Å². The Balaban J connectivity index is 2.71. The van der Waals surface area contributed by atoms with E-state index in [4.69, 9.17) is 6.57 Å². The first-order valence-corrected chi connectivity index (χ1v) is 6.10. The van der Waals surface area contributed by atoms with Gasteiger partial charge in [-0.1, -0.05) is 25.8 Å². The Bertz CT molecular complexity index is 661. The second kappa shape index (κ2) is 4.69. The molecular weight excluding hydrogens is 228 g/mol. The molecule has 1 aromatic rings. The molecule has 0 aromatic carbocycles. The van der Waals surface area contributed by atoms with Crippen LogP contribution in [0.3, 0.4) is 0 Å². The van der Waals surface area contributed by atoms with Crippen molar-refractivity contribution in [2.24, 2.45) is 0 Å². The highest BCUT2D eigenvalue weighted by molar-refractivity contribution is 5.55. The van der Waals surface area contributed by atoms with Gasteiger partial charge in [-0.15, -0.1) is 6.58 Å². The lowest BCUT2D eigenvalue weighted by Gasteiger charge is -2.25. The van der Waals surface area contributed by atoms with Crippen molar-refractivity contribution >= 4 is 18.8 Å². The zero-order chi connectivity index (χ0) is 13.3. The van der Waals surface area contributed by atoms with Gasteiger partial charge in [-0.05, 0) is 18.1 Å². The highest BCUT2D eigenvalue weighted by Gasteiger charge is 2.21. The van der Waals surface area contributed by atoms with E-state index in [1.54, 1.807) is 0 Å². The highest BCUT2D eigenvalue weighted by Crippen LogP contribution is 2.31. The van der Waals surface area contributed by atoms with Crippen molar-refractivity contribution in [2.75, 3.05) is 0 Å². The SMILES string of the molecule is [C-]#[N+]c1c(O)n(C2CCCCC2)c(=O)c(=C)c1=C. The second-order valence-electron chi connectivity index (χ2n) is 4.71. The Morgan fingerprint density at radius 2 is 1.83 bits per heavy atom. The lowest BCUT2D eigenvalue weighted by atomic mass is 9.95. The summed E-state index contributed by atoms with van der Waals surface area (Å²) in [6.45, 7) is 14.4. The van der Waals surface area contributed by atoms with Crippen LogP contribution in [0.1, 0.15) is 38.1 Å². The van der Waals surface area contributed by atoms with Gasteiger partial charge in [-0.2, -0.15) is 0 Å². The Kier molecular flexibility index (Phi) is 3.24. The molecule has 1 N–H and O–H groups in total. The van der Waals surface area contributed by atoms with Gasteiger partial charge in [-0.3, -0.25) is 9.36 Å². The van der Waals surface area contributed by atoms with Gasteiger partial charge in [0.1, 0.15) is 0 Å². The largest absolute Gasteiger partial charge is 0.503 e. The summed E-state index contributed by atoms with van der Waals surface area (Å²) in [6.07, 6.45) is 4.97. The van der Waals surface area contributed by atoms with Gasteiger partial charge in [0, 0.05) is 11.3 Å². The van der Waals surface area contributed by atoms with Crippen LogP contribution in [0.5, 0.6) is 5.88 Å². The molecular formula is C14H16N2O2. The topological polar surface area (TPSA) is 46.6 Å². The zero-order valence-corrected chi connectivity index (χ0v) is 10.3. The summed E-state index contributed by atoms with van der Waals surface area (Å²) in [7, 11) is 0. The Labute approximate surface area is 105 Å². The average Bonchev–Trinajstić information content (AvgIpc) is 2.38. The minimum atomic E-state index is -0.322. The van der Waals surface area contributed by atoms with Crippen LogP contribution < -0.4 is 16.0 Å². The standard InChI is InChI=1S/C14H16N2O2/c1-9-10(2)13(17)16(14(18)12(9)15-3)11-7-5-4-6-8-11/h11,18H,1-2,4-8H2. The van der Waals surface area contributed by atoms with Crippen molar-refractivity contribution in [3.05, 3.63) is 32.2 Å². The molecule has 1 saturated carbocycles. The molecule has 1 aromatic heterocycles. The normalized spacial score (nSPS) is 16.4. The van der Waals surface area contributed by atoms with Crippen LogP contribution in [0, 0.1) is 6.57 Å². The number of rotatable bonds is 1. The van der Waals surface area contributed by atoms with Crippen molar-refractivity contribution in [2.45, 2.75) is 38.1 Å². The summed E-state index contributed by atoms with van der Waals surface area (Å²) in [4.78, 5) is 15.4. The third-order valence-corrected chi connectivity index (χ3v) is 3.62. The summed E-state index contributed by atoms with van der Waals surface area (Å²) >= 11 is 0. The van der Waals surface area contributed by atoms with E-state index in [1.807, 2.05) is 0 Å². The van der Waals surface area contributed by atoms with E-state index in [0.717, 1.165) is 32.1 Å².